The van der Waals surface area contributed by atoms with E-state index in [1.165, 1.54) is 4.31 Å². The van der Waals surface area contributed by atoms with Crippen molar-refractivity contribution < 1.29 is 23.4 Å². The quantitative estimate of drug-likeness (QED) is 0.507. The Labute approximate surface area is 216 Å². The summed E-state index contributed by atoms with van der Waals surface area (Å²) in [6.45, 7) is 2.07. The van der Waals surface area contributed by atoms with Gasteiger partial charge in [0.15, 0.2) is 5.78 Å². The number of sulfonamides is 1. The molecule has 0 amide bonds. The Bertz CT molecular complexity index is 1180. The van der Waals surface area contributed by atoms with Crippen LogP contribution in [0, 0.1) is 11.8 Å². The van der Waals surface area contributed by atoms with Crippen LogP contribution >= 0.6 is 23.2 Å². The number of piperidine rings is 1. The molecule has 0 spiro atoms. The second-order valence-corrected chi connectivity index (χ2v) is 12.7. The van der Waals surface area contributed by atoms with Gasteiger partial charge < -0.3 is 10.2 Å². The molecule has 190 valence electrons. The van der Waals surface area contributed by atoms with Gasteiger partial charge in [-0.1, -0.05) is 54.4 Å². The average Bonchev–Trinajstić information content (AvgIpc) is 2.83. The van der Waals surface area contributed by atoms with E-state index in [9.17, 15) is 23.4 Å². The molecule has 1 heterocycles. The fourth-order valence-corrected chi connectivity index (χ4v) is 8.39. The van der Waals surface area contributed by atoms with Gasteiger partial charge in [0.05, 0.1) is 22.2 Å². The van der Waals surface area contributed by atoms with E-state index >= 15 is 0 Å². The van der Waals surface area contributed by atoms with Crippen LogP contribution in [0.2, 0.25) is 10.0 Å². The van der Waals surface area contributed by atoms with Crippen molar-refractivity contribution in [3.8, 4) is 0 Å². The van der Waals surface area contributed by atoms with Crippen molar-refractivity contribution in [2.45, 2.75) is 50.3 Å². The van der Waals surface area contributed by atoms with Crippen LogP contribution < -0.4 is 0 Å². The number of carbonyl (C=O) groups is 1. The summed E-state index contributed by atoms with van der Waals surface area (Å²) in [5.41, 5.74) is 2.46. The highest BCUT2D eigenvalue weighted by Crippen LogP contribution is 2.42. The van der Waals surface area contributed by atoms with E-state index < -0.39 is 21.3 Å². The smallest absolute Gasteiger partial charge is 0.221 e. The van der Waals surface area contributed by atoms with Crippen LogP contribution in [0.3, 0.4) is 0 Å². The Morgan fingerprint density at radius 2 is 1.80 bits per heavy atom. The standard InChI is InChI=1S/C26H31Cl2NO5S/c1-16-5-8-20(15-31)29(13-16)35(33,34)25-12-18(14-30)9-19-7-6-17(10-21(19)25)11-24(32)26-22(27)3-2-4-23(26)28/h2-4,6-7,10,16,18,20,25,30-31H,5,8-9,11-15H2,1H3/t16-,18+,20+,25?/m0/s1. The van der Waals surface area contributed by atoms with Crippen LogP contribution in [0.4, 0.5) is 0 Å². The van der Waals surface area contributed by atoms with Crippen LogP contribution in [0.1, 0.15) is 58.5 Å². The maximum atomic E-state index is 14.0. The first-order valence-corrected chi connectivity index (χ1v) is 14.2. The molecule has 2 aliphatic rings. The molecule has 0 radical (unpaired) electrons. The molecule has 1 saturated heterocycles. The van der Waals surface area contributed by atoms with E-state index in [0.717, 1.165) is 12.0 Å². The lowest BCUT2D eigenvalue weighted by molar-refractivity contribution is 0.0993. The second-order valence-electron chi connectivity index (χ2n) is 9.84. The zero-order valence-electron chi connectivity index (χ0n) is 19.7. The molecule has 4 atom stereocenters. The second kappa shape index (κ2) is 10.9. The number of rotatable bonds is 7. The fourth-order valence-electron chi connectivity index (χ4n) is 5.35. The normalized spacial score (nSPS) is 25.3. The molecule has 2 N–H and O–H groups in total. The molecule has 1 aliphatic carbocycles. The van der Waals surface area contributed by atoms with Gasteiger partial charge in [0.25, 0.3) is 0 Å². The van der Waals surface area contributed by atoms with Gasteiger partial charge in [-0.3, -0.25) is 4.79 Å². The third-order valence-electron chi connectivity index (χ3n) is 7.27. The Morgan fingerprint density at radius 3 is 2.46 bits per heavy atom. The summed E-state index contributed by atoms with van der Waals surface area (Å²) in [5.74, 6) is -0.214. The number of hydrogen-bond acceptors (Lipinski definition) is 5. The molecule has 1 fully saturated rings. The number of fused-ring (bicyclic) bond motifs is 1. The Balaban J connectivity index is 1.70. The number of carbonyl (C=O) groups excluding carboxylic acids is 1. The summed E-state index contributed by atoms with van der Waals surface area (Å²) >= 11 is 12.4. The highest BCUT2D eigenvalue weighted by molar-refractivity contribution is 7.89. The van der Waals surface area contributed by atoms with E-state index in [1.807, 2.05) is 19.1 Å². The summed E-state index contributed by atoms with van der Waals surface area (Å²) in [5, 5.41) is 19.5. The molecule has 0 bridgehead atoms. The predicted octanol–water partition coefficient (Wildman–Crippen LogP) is 4.44. The van der Waals surface area contributed by atoms with Crippen molar-refractivity contribution in [1.82, 2.24) is 4.31 Å². The Hall–Kier alpha value is -1.48. The van der Waals surface area contributed by atoms with Gasteiger partial charge in [-0.15, -0.1) is 0 Å². The van der Waals surface area contributed by atoms with Crippen molar-refractivity contribution in [2.24, 2.45) is 11.8 Å². The number of aliphatic hydroxyl groups excluding tert-OH is 2. The first-order chi connectivity index (χ1) is 16.6. The molecule has 1 unspecified atom stereocenters. The number of hydrogen-bond donors (Lipinski definition) is 2. The van der Waals surface area contributed by atoms with Gasteiger partial charge in [-0.05, 0) is 66.3 Å². The van der Waals surface area contributed by atoms with E-state index in [4.69, 9.17) is 23.2 Å². The first kappa shape index (κ1) is 26.6. The highest BCUT2D eigenvalue weighted by atomic mass is 35.5. The monoisotopic (exact) mass is 539 g/mol. The maximum Gasteiger partial charge on any atom is 0.221 e. The lowest BCUT2D eigenvalue weighted by atomic mass is 9.82. The summed E-state index contributed by atoms with van der Waals surface area (Å²) in [4.78, 5) is 13.0. The van der Waals surface area contributed by atoms with Gasteiger partial charge >= 0.3 is 0 Å². The van der Waals surface area contributed by atoms with E-state index in [2.05, 4.69) is 0 Å². The van der Waals surface area contributed by atoms with Crippen LogP contribution in [0.25, 0.3) is 0 Å². The minimum absolute atomic E-state index is 0.0347. The van der Waals surface area contributed by atoms with Crippen LogP contribution in [-0.4, -0.2) is 54.5 Å². The number of halogens is 2. The number of ketones is 1. The molecular formula is C26H31Cl2NO5S. The summed E-state index contributed by atoms with van der Waals surface area (Å²) in [7, 11) is -3.81. The largest absolute Gasteiger partial charge is 0.396 e. The minimum Gasteiger partial charge on any atom is -0.396 e. The summed E-state index contributed by atoms with van der Waals surface area (Å²) in [6.07, 6.45) is 2.39. The van der Waals surface area contributed by atoms with E-state index in [-0.39, 0.29) is 52.9 Å². The molecule has 2 aromatic carbocycles. The van der Waals surface area contributed by atoms with E-state index in [0.29, 0.717) is 36.9 Å². The SMILES string of the molecule is C[C@H]1CC[C@H](CO)N(S(=O)(=O)C2C[C@H](CO)Cc3ccc(CC(=O)c4c(Cl)cccc4Cl)cc32)C1. The molecule has 35 heavy (non-hydrogen) atoms. The molecule has 2 aromatic rings. The topological polar surface area (TPSA) is 94.9 Å². The molecule has 1 aliphatic heterocycles. The van der Waals surface area contributed by atoms with Gasteiger partial charge in [0.2, 0.25) is 10.0 Å². The Morgan fingerprint density at radius 1 is 1.09 bits per heavy atom. The lowest BCUT2D eigenvalue weighted by Crippen LogP contribution is -2.50. The van der Waals surface area contributed by atoms with Gasteiger partial charge in [-0.2, -0.15) is 4.31 Å². The van der Waals surface area contributed by atoms with Crippen LogP contribution in [0.5, 0.6) is 0 Å². The number of benzene rings is 2. The lowest BCUT2D eigenvalue weighted by Gasteiger charge is -2.41. The van der Waals surface area contributed by atoms with Crippen molar-refractivity contribution >= 4 is 39.0 Å². The molecule has 0 aromatic heterocycles. The molecule has 0 saturated carbocycles. The first-order valence-electron chi connectivity index (χ1n) is 12.0. The highest BCUT2D eigenvalue weighted by Gasteiger charge is 2.43. The number of aliphatic hydroxyl groups is 2. The van der Waals surface area contributed by atoms with Crippen molar-refractivity contribution in [3.05, 3.63) is 68.7 Å². The zero-order chi connectivity index (χ0) is 25.3. The van der Waals surface area contributed by atoms with Crippen LogP contribution in [-0.2, 0) is 22.9 Å². The van der Waals surface area contributed by atoms with Gasteiger partial charge in [0, 0.05) is 25.6 Å². The minimum atomic E-state index is -3.81. The summed E-state index contributed by atoms with van der Waals surface area (Å²) < 4.78 is 29.4. The number of nitrogens with zero attached hydrogens (tertiary/aromatic N) is 1. The molecule has 9 heteroatoms. The Kier molecular flexibility index (Phi) is 8.25. The van der Waals surface area contributed by atoms with Crippen molar-refractivity contribution in [2.75, 3.05) is 19.8 Å². The van der Waals surface area contributed by atoms with Gasteiger partial charge in [0.1, 0.15) is 5.25 Å². The third-order valence-corrected chi connectivity index (χ3v) is 10.2. The predicted molar refractivity (Wildman–Crippen MR) is 137 cm³/mol. The van der Waals surface area contributed by atoms with Crippen molar-refractivity contribution in [1.29, 1.82) is 0 Å². The van der Waals surface area contributed by atoms with Gasteiger partial charge in [-0.25, -0.2) is 8.42 Å². The third kappa shape index (κ3) is 5.45. The zero-order valence-corrected chi connectivity index (χ0v) is 22.0. The average molecular weight is 541 g/mol. The maximum absolute atomic E-state index is 14.0. The van der Waals surface area contributed by atoms with Crippen molar-refractivity contribution in [3.63, 3.8) is 0 Å². The molecule has 6 nitrogen and oxygen atoms in total. The fraction of sp³-hybridized carbons (Fsp3) is 0.500. The molecular weight excluding hydrogens is 509 g/mol. The van der Waals surface area contributed by atoms with Crippen LogP contribution in [0.15, 0.2) is 36.4 Å². The summed E-state index contributed by atoms with van der Waals surface area (Å²) in [6, 6.07) is 9.94. The van der Waals surface area contributed by atoms with E-state index in [1.54, 1.807) is 24.3 Å². The molecule has 4 rings (SSSR count). The number of Topliss-reactive ketones (excluding diaryl/α,β-unsaturated/α-hetero) is 1.